The molecule has 2 aromatic carbocycles. The summed E-state index contributed by atoms with van der Waals surface area (Å²) >= 11 is 0. The maximum atomic E-state index is 8.56. The van der Waals surface area contributed by atoms with Crippen molar-refractivity contribution in [3.05, 3.63) is 65.2 Å². The van der Waals surface area contributed by atoms with Gasteiger partial charge in [0, 0.05) is 12.2 Å². The number of aryl methyl sites for hydroxylation is 1. The molecule has 0 spiro atoms. The summed E-state index contributed by atoms with van der Waals surface area (Å²) in [5, 5.41) is 15.1. The van der Waals surface area contributed by atoms with E-state index in [2.05, 4.69) is 29.5 Å². The highest BCUT2D eigenvalue weighted by molar-refractivity contribution is 5.80. The van der Waals surface area contributed by atoms with E-state index in [1.165, 1.54) is 17.3 Å². The molecule has 0 unspecified atom stereocenters. The van der Waals surface area contributed by atoms with Crippen LogP contribution in [0.4, 0.5) is 5.69 Å². The second kappa shape index (κ2) is 6.59. The number of oxime groups is 1. The van der Waals surface area contributed by atoms with Gasteiger partial charge in [0.1, 0.15) is 0 Å². The molecule has 0 fully saturated rings. The van der Waals surface area contributed by atoms with E-state index in [1.54, 1.807) is 0 Å². The largest absolute Gasteiger partial charge is 0.411 e. The molecule has 3 nitrogen and oxygen atoms in total. The summed E-state index contributed by atoms with van der Waals surface area (Å²) in [5.41, 5.74) is 4.50. The van der Waals surface area contributed by atoms with Gasteiger partial charge >= 0.3 is 0 Å². The molecule has 2 aromatic rings. The molecule has 0 amide bonds. The summed E-state index contributed by atoms with van der Waals surface area (Å²) in [7, 11) is 0. The molecule has 0 heterocycles. The zero-order valence-electron chi connectivity index (χ0n) is 11.0. The minimum atomic E-state index is 0.807. The molecule has 0 aliphatic heterocycles. The van der Waals surface area contributed by atoms with Crippen molar-refractivity contribution in [2.75, 3.05) is 5.32 Å². The second-order valence-corrected chi connectivity index (χ2v) is 4.35. The van der Waals surface area contributed by atoms with Gasteiger partial charge in [0.15, 0.2) is 0 Å². The van der Waals surface area contributed by atoms with E-state index >= 15 is 0 Å². The van der Waals surface area contributed by atoms with Crippen molar-refractivity contribution in [1.82, 2.24) is 0 Å². The monoisotopic (exact) mass is 254 g/mol. The first-order valence-corrected chi connectivity index (χ1v) is 6.41. The molecule has 98 valence electrons. The summed E-state index contributed by atoms with van der Waals surface area (Å²) in [4.78, 5) is 0. The Labute approximate surface area is 113 Å². The molecule has 0 aliphatic carbocycles. The fraction of sp³-hybridized carbons (Fsp3) is 0.188. The molecule has 0 saturated heterocycles. The van der Waals surface area contributed by atoms with Crippen LogP contribution in [-0.4, -0.2) is 11.4 Å². The number of hydrogen-bond donors (Lipinski definition) is 2. The van der Waals surface area contributed by atoms with Crippen molar-refractivity contribution in [2.24, 2.45) is 5.16 Å². The van der Waals surface area contributed by atoms with Gasteiger partial charge in [-0.3, -0.25) is 0 Å². The van der Waals surface area contributed by atoms with Gasteiger partial charge in [0.25, 0.3) is 0 Å². The fourth-order valence-corrected chi connectivity index (χ4v) is 2.02. The van der Waals surface area contributed by atoms with Crippen LogP contribution >= 0.6 is 0 Å². The van der Waals surface area contributed by atoms with Gasteiger partial charge in [-0.15, -0.1) is 0 Å². The first-order valence-electron chi connectivity index (χ1n) is 6.41. The standard InChI is InChI=1S/C16H18N2O/c1-2-15-10-14(12-18-19)8-9-16(15)17-11-13-6-4-3-5-7-13/h3-10,12,17,19H,2,11H2,1H3/b18-12-. The highest BCUT2D eigenvalue weighted by atomic mass is 16.4. The Morgan fingerprint density at radius 1 is 1.16 bits per heavy atom. The van der Waals surface area contributed by atoms with E-state index in [0.717, 1.165) is 24.2 Å². The third-order valence-electron chi connectivity index (χ3n) is 3.04. The van der Waals surface area contributed by atoms with Crippen molar-refractivity contribution < 1.29 is 5.21 Å². The quantitative estimate of drug-likeness (QED) is 0.486. The molecule has 19 heavy (non-hydrogen) atoms. The van der Waals surface area contributed by atoms with E-state index < -0.39 is 0 Å². The molecule has 0 bridgehead atoms. The van der Waals surface area contributed by atoms with Crippen LogP contribution in [0.15, 0.2) is 53.7 Å². The maximum Gasteiger partial charge on any atom is 0.0733 e. The minimum Gasteiger partial charge on any atom is -0.411 e. The molecule has 0 atom stereocenters. The summed E-state index contributed by atoms with van der Waals surface area (Å²) in [6.07, 6.45) is 2.38. The Hall–Kier alpha value is -2.29. The fourth-order valence-electron chi connectivity index (χ4n) is 2.02. The van der Waals surface area contributed by atoms with Crippen molar-refractivity contribution in [3.8, 4) is 0 Å². The lowest BCUT2D eigenvalue weighted by atomic mass is 10.1. The third kappa shape index (κ3) is 3.58. The van der Waals surface area contributed by atoms with Crippen LogP contribution in [0.25, 0.3) is 0 Å². The second-order valence-electron chi connectivity index (χ2n) is 4.35. The predicted octanol–water partition coefficient (Wildman–Crippen LogP) is 3.67. The topological polar surface area (TPSA) is 44.6 Å². The number of nitrogens with one attached hydrogen (secondary N) is 1. The van der Waals surface area contributed by atoms with Crippen molar-refractivity contribution in [1.29, 1.82) is 0 Å². The van der Waals surface area contributed by atoms with Crippen LogP contribution in [-0.2, 0) is 13.0 Å². The molecule has 0 saturated carbocycles. The molecule has 2 N–H and O–H groups in total. The average molecular weight is 254 g/mol. The highest BCUT2D eigenvalue weighted by Crippen LogP contribution is 2.18. The van der Waals surface area contributed by atoms with Gasteiger partial charge in [0.05, 0.1) is 6.21 Å². The summed E-state index contributed by atoms with van der Waals surface area (Å²) in [5.74, 6) is 0. The Morgan fingerprint density at radius 2 is 1.95 bits per heavy atom. The first kappa shape index (κ1) is 13.1. The molecular weight excluding hydrogens is 236 g/mol. The van der Waals surface area contributed by atoms with Crippen LogP contribution in [0.5, 0.6) is 0 Å². The van der Waals surface area contributed by atoms with Crippen LogP contribution in [0.3, 0.4) is 0 Å². The Morgan fingerprint density at radius 3 is 2.63 bits per heavy atom. The van der Waals surface area contributed by atoms with Crippen LogP contribution < -0.4 is 5.32 Å². The normalized spacial score (nSPS) is 10.8. The number of hydrogen-bond acceptors (Lipinski definition) is 3. The lowest BCUT2D eigenvalue weighted by molar-refractivity contribution is 0.322. The van der Waals surface area contributed by atoms with E-state index in [9.17, 15) is 0 Å². The summed E-state index contributed by atoms with van der Waals surface area (Å²) in [6.45, 7) is 2.92. The predicted molar refractivity (Wildman–Crippen MR) is 79.0 cm³/mol. The highest BCUT2D eigenvalue weighted by Gasteiger charge is 2.01. The number of anilines is 1. The van der Waals surface area contributed by atoms with Crippen LogP contribution in [0.2, 0.25) is 0 Å². The van der Waals surface area contributed by atoms with Gasteiger partial charge in [-0.05, 0) is 35.2 Å². The Bertz CT molecular complexity index is 550. The van der Waals surface area contributed by atoms with E-state index in [1.807, 2.05) is 36.4 Å². The van der Waals surface area contributed by atoms with Gasteiger partial charge in [-0.2, -0.15) is 0 Å². The van der Waals surface area contributed by atoms with E-state index in [0.29, 0.717) is 0 Å². The smallest absolute Gasteiger partial charge is 0.0733 e. The third-order valence-corrected chi connectivity index (χ3v) is 3.04. The van der Waals surface area contributed by atoms with Crippen LogP contribution in [0, 0.1) is 0 Å². The zero-order valence-corrected chi connectivity index (χ0v) is 11.0. The van der Waals surface area contributed by atoms with Crippen molar-refractivity contribution in [3.63, 3.8) is 0 Å². The number of nitrogens with zero attached hydrogens (tertiary/aromatic N) is 1. The lowest BCUT2D eigenvalue weighted by Crippen LogP contribution is -2.02. The Balaban J connectivity index is 2.11. The molecule has 3 heteroatoms. The first-order chi connectivity index (χ1) is 9.33. The maximum absolute atomic E-state index is 8.56. The molecule has 0 radical (unpaired) electrons. The van der Waals surface area contributed by atoms with Gasteiger partial charge < -0.3 is 10.5 Å². The summed E-state index contributed by atoms with van der Waals surface area (Å²) < 4.78 is 0. The number of benzene rings is 2. The molecule has 0 aromatic heterocycles. The van der Waals surface area contributed by atoms with Crippen molar-refractivity contribution >= 4 is 11.9 Å². The number of rotatable bonds is 5. The van der Waals surface area contributed by atoms with E-state index in [-0.39, 0.29) is 0 Å². The molecule has 0 aliphatic rings. The minimum absolute atomic E-state index is 0.807. The zero-order chi connectivity index (χ0) is 13.5. The average Bonchev–Trinajstić information content (AvgIpc) is 2.47. The Kier molecular flexibility index (Phi) is 4.56. The molecule has 2 rings (SSSR count). The van der Waals surface area contributed by atoms with E-state index in [4.69, 9.17) is 5.21 Å². The summed E-state index contributed by atoms with van der Waals surface area (Å²) in [6, 6.07) is 16.3. The van der Waals surface area contributed by atoms with Gasteiger partial charge in [0.2, 0.25) is 0 Å². The van der Waals surface area contributed by atoms with Gasteiger partial charge in [-0.1, -0.05) is 48.5 Å². The van der Waals surface area contributed by atoms with Gasteiger partial charge in [-0.25, -0.2) is 0 Å². The van der Waals surface area contributed by atoms with Crippen LogP contribution in [0.1, 0.15) is 23.6 Å². The van der Waals surface area contributed by atoms with Crippen molar-refractivity contribution in [2.45, 2.75) is 19.9 Å². The lowest BCUT2D eigenvalue weighted by Gasteiger charge is -2.11. The molecular formula is C16H18N2O. The SMILES string of the molecule is CCc1cc(/C=N\O)ccc1NCc1ccccc1.